The molecule has 0 spiro atoms. The molecule has 1 atom stereocenters. The number of nitrogens with one attached hydrogen (secondary N) is 2. The van der Waals surface area contributed by atoms with Gasteiger partial charge < -0.3 is 15.4 Å². The molecule has 0 aliphatic heterocycles. The van der Waals surface area contributed by atoms with Crippen LogP contribution in [0.25, 0.3) is 0 Å². The standard InChI is InChI=1S/C13H17N3OS/c1-3-11(9-17-2)15-13(18)16-12-6-4-5-10(7-12)8-14/h4-7,11H,3,9H2,1-2H3,(H2,15,16,18). The first kappa shape index (κ1) is 14.4. The Kier molecular flexibility index (Phi) is 6.12. The van der Waals surface area contributed by atoms with Crippen molar-refractivity contribution in [2.75, 3.05) is 19.0 Å². The van der Waals surface area contributed by atoms with Gasteiger partial charge in [0.05, 0.1) is 24.3 Å². The van der Waals surface area contributed by atoms with E-state index < -0.39 is 0 Å². The molecule has 1 aromatic carbocycles. The summed E-state index contributed by atoms with van der Waals surface area (Å²) in [5.74, 6) is 0. The van der Waals surface area contributed by atoms with E-state index in [0.29, 0.717) is 17.3 Å². The summed E-state index contributed by atoms with van der Waals surface area (Å²) in [6.45, 7) is 2.67. The van der Waals surface area contributed by atoms with E-state index in [1.807, 2.05) is 12.1 Å². The van der Waals surface area contributed by atoms with Crippen LogP contribution >= 0.6 is 12.2 Å². The Hall–Kier alpha value is -1.64. The lowest BCUT2D eigenvalue weighted by Crippen LogP contribution is -2.40. The third kappa shape index (κ3) is 4.70. The fraction of sp³-hybridized carbons (Fsp3) is 0.385. The van der Waals surface area contributed by atoms with Gasteiger partial charge in [-0.2, -0.15) is 5.26 Å². The van der Waals surface area contributed by atoms with Crippen molar-refractivity contribution in [1.82, 2.24) is 5.32 Å². The molecule has 0 aromatic heterocycles. The van der Waals surface area contributed by atoms with Crippen molar-refractivity contribution in [1.29, 1.82) is 5.26 Å². The van der Waals surface area contributed by atoms with Crippen molar-refractivity contribution in [3.8, 4) is 6.07 Å². The summed E-state index contributed by atoms with van der Waals surface area (Å²) in [5, 5.41) is 15.6. The van der Waals surface area contributed by atoms with Gasteiger partial charge in [-0.1, -0.05) is 13.0 Å². The van der Waals surface area contributed by atoms with Crippen LogP contribution in [0.3, 0.4) is 0 Å². The van der Waals surface area contributed by atoms with Gasteiger partial charge in [0, 0.05) is 12.8 Å². The fourth-order valence-electron chi connectivity index (χ4n) is 1.48. The van der Waals surface area contributed by atoms with Crippen molar-refractivity contribution in [3.63, 3.8) is 0 Å². The van der Waals surface area contributed by atoms with Crippen molar-refractivity contribution < 1.29 is 4.74 Å². The van der Waals surface area contributed by atoms with Crippen LogP contribution in [-0.4, -0.2) is 24.9 Å². The van der Waals surface area contributed by atoms with Crippen LogP contribution in [0.4, 0.5) is 5.69 Å². The number of nitriles is 1. The summed E-state index contributed by atoms with van der Waals surface area (Å²) in [7, 11) is 1.66. The third-order valence-corrected chi connectivity index (χ3v) is 2.67. The molecule has 1 rings (SSSR count). The molecule has 0 heterocycles. The third-order valence-electron chi connectivity index (χ3n) is 2.45. The quantitative estimate of drug-likeness (QED) is 0.798. The van der Waals surface area contributed by atoms with E-state index in [2.05, 4.69) is 23.6 Å². The van der Waals surface area contributed by atoms with Crippen LogP contribution in [0.1, 0.15) is 18.9 Å². The summed E-state index contributed by atoms with van der Waals surface area (Å²) in [6, 6.07) is 9.47. The molecule has 96 valence electrons. The Bertz CT molecular complexity index is 442. The summed E-state index contributed by atoms with van der Waals surface area (Å²) >= 11 is 5.21. The van der Waals surface area contributed by atoms with E-state index in [0.717, 1.165) is 12.1 Å². The number of thiocarbonyl (C=S) groups is 1. The van der Waals surface area contributed by atoms with Crippen molar-refractivity contribution >= 4 is 23.0 Å². The van der Waals surface area contributed by atoms with Gasteiger partial charge in [-0.3, -0.25) is 0 Å². The highest BCUT2D eigenvalue weighted by Crippen LogP contribution is 2.09. The van der Waals surface area contributed by atoms with Crippen LogP contribution in [0.15, 0.2) is 24.3 Å². The number of benzene rings is 1. The number of rotatable bonds is 5. The van der Waals surface area contributed by atoms with E-state index in [1.165, 1.54) is 0 Å². The monoisotopic (exact) mass is 263 g/mol. The molecular formula is C13H17N3OS. The maximum atomic E-state index is 8.81. The molecule has 0 saturated heterocycles. The molecule has 0 saturated carbocycles. The smallest absolute Gasteiger partial charge is 0.171 e. The lowest BCUT2D eigenvalue weighted by atomic mass is 10.2. The molecule has 0 aliphatic rings. The second-order valence-corrected chi connectivity index (χ2v) is 4.26. The topological polar surface area (TPSA) is 57.1 Å². The number of hydrogen-bond donors (Lipinski definition) is 2. The molecule has 0 bridgehead atoms. The lowest BCUT2D eigenvalue weighted by molar-refractivity contribution is 0.172. The molecule has 1 aromatic rings. The molecule has 0 fully saturated rings. The molecule has 0 aliphatic carbocycles. The highest BCUT2D eigenvalue weighted by Gasteiger charge is 2.07. The Labute approximate surface area is 113 Å². The maximum Gasteiger partial charge on any atom is 0.171 e. The highest BCUT2D eigenvalue weighted by molar-refractivity contribution is 7.80. The molecule has 0 amide bonds. The SMILES string of the molecule is CCC(COC)NC(=S)Nc1cccc(C#N)c1. The Balaban J connectivity index is 2.56. The van der Waals surface area contributed by atoms with Crippen LogP contribution in [0.5, 0.6) is 0 Å². The lowest BCUT2D eigenvalue weighted by Gasteiger charge is -2.18. The van der Waals surface area contributed by atoms with Crippen LogP contribution < -0.4 is 10.6 Å². The van der Waals surface area contributed by atoms with Gasteiger partial charge in [0.1, 0.15) is 0 Å². The Morgan fingerprint density at radius 3 is 2.94 bits per heavy atom. The zero-order chi connectivity index (χ0) is 13.4. The van der Waals surface area contributed by atoms with E-state index in [9.17, 15) is 0 Å². The second-order valence-electron chi connectivity index (χ2n) is 3.85. The van der Waals surface area contributed by atoms with Gasteiger partial charge >= 0.3 is 0 Å². The molecule has 5 heteroatoms. The molecule has 18 heavy (non-hydrogen) atoms. The number of ether oxygens (including phenoxy) is 1. The van der Waals surface area contributed by atoms with Crippen LogP contribution in [0, 0.1) is 11.3 Å². The van der Waals surface area contributed by atoms with Crippen LogP contribution in [-0.2, 0) is 4.74 Å². The minimum absolute atomic E-state index is 0.189. The number of methoxy groups -OCH3 is 1. The zero-order valence-electron chi connectivity index (χ0n) is 10.6. The van der Waals surface area contributed by atoms with Gasteiger partial charge in [0.25, 0.3) is 0 Å². The second kappa shape index (κ2) is 7.64. The van der Waals surface area contributed by atoms with Gasteiger partial charge in [-0.05, 0) is 36.8 Å². The predicted molar refractivity (Wildman–Crippen MR) is 76.5 cm³/mol. The van der Waals surface area contributed by atoms with Gasteiger partial charge in [0.15, 0.2) is 5.11 Å². The summed E-state index contributed by atoms with van der Waals surface area (Å²) in [4.78, 5) is 0. The zero-order valence-corrected chi connectivity index (χ0v) is 11.4. The van der Waals surface area contributed by atoms with Crippen molar-refractivity contribution in [2.24, 2.45) is 0 Å². The molecule has 4 nitrogen and oxygen atoms in total. The van der Waals surface area contributed by atoms with Crippen LogP contribution in [0.2, 0.25) is 0 Å². The Morgan fingerprint density at radius 2 is 2.33 bits per heavy atom. The first-order chi connectivity index (χ1) is 8.69. The molecule has 1 unspecified atom stereocenters. The van der Waals surface area contributed by atoms with E-state index in [1.54, 1.807) is 19.2 Å². The normalized spacial score (nSPS) is 11.4. The minimum atomic E-state index is 0.189. The van der Waals surface area contributed by atoms with E-state index in [4.69, 9.17) is 22.2 Å². The summed E-state index contributed by atoms with van der Waals surface area (Å²) < 4.78 is 5.09. The fourth-order valence-corrected chi connectivity index (χ4v) is 1.77. The first-order valence-corrected chi connectivity index (χ1v) is 6.17. The summed E-state index contributed by atoms with van der Waals surface area (Å²) in [6.07, 6.45) is 0.924. The van der Waals surface area contributed by atoms with Gasteiger partial charge in [0.2, 0.25) is 0 Å². The average molecular weight is 263 g/mol. The highest BCUT2D eigenvalue weighted by atomic mass is 32.1. The maximum absolute atomic E-state index is 8.81. The Morgan fingerprint density at radius 1 is 1.56 bits per heavy atom. The largest absolute Gasteiger partial charge is 0.383 e. The number of nitrogens with zero attached hydrogens (tertiary/aromatic N) is 1. The number of hydrogen-bond acceptors (Lipinski definition) is 3. The van der Waals surface area contributed by atoms with Crippen molar-refractivity contribution in [2.45, 2.75) is 19.4 Å². The van der Waals surface area contributed by atoms with Crippen molar-refractivity contribution in [3.05, 3.63) is 29.8 Å². The predicted octanol–water partition coefficient (Wildman–Crippen LogP) is 2.27. The van der Waals surface area contributed by atoms with E-state index >= 15 is 0 Å². The molecule has 2 N–H and O–H groups in total. The van der Waals surface area contributed by atoms with E-state index in [-0.39, 0.29) is 6.04 Å². The number of anilines is 1. The van der Waals surface area contributed by atoms with Gasteiger partial charge in [-0.15, -0.1) is 0 Å². The minimum Gasteiger partial charge on any atom is -0.383 e. The summed E-state index contributed by atoms with van der Waals surface area (Å²) in [5.41, 5.74) is 1.41. The first-order valence-electron chi connectivity index (χ1n) is 5.76. The molecular weight excluding hydrogens is 246 g/mol. The van der Waals surface area contributed by atoms with Gasteiger partial charge in [-0.25, -0.2) is 0 Å². The molecule has 0 radical (unpaired) electrons. The average Bonchev–Trinajstić information content (AvgIpc) is 2.38.